The lowest BCUT2D eigenvalue weighted by Gasteiger charge is -2.30. The SMILES string of the molecule is O=C[C@H](COC1CCC(c2ccccc2OCc2ccccc2)CC1)NC(=O)OCc1ccccc1. The molecule has 36 heavy (non-hydrogen) atoms. The molecule has 3 aromatic carbocycles. The summed E-state index contributed by atoms with van der Waals surface area (Å²) in [5, 5.41) is 2.58. The van der Waals surface area contributed by atoms with E-state index in [1.807, 2.05) is 60.7 Å². The van der Waals surface area contributed by atoms with Gasteiger partial charge in [0.25, 0.3) is 0 Å². The predicted molar refractivity (Wildman–Crippen MR) is 138 cm³/mol. The Balaban J connectivity index is 1.20. The van der Waals surface area contributed by atoms with Gasteiger partial charge in [0.1, 0.15) is 31.3 Å². The first-order valence-electron chi connectivity index (χ1n) is 12.5. The molecule has 0 radical (unpaired) electrons. The van der Waals surface area contributed by atoms with Gasteiger partial charge in [-0.1, -0.05) is 78.9 Å². The molecule has 1 saturated carbocycles. The summed E-state index contributed by atoms with van der Waals surface area (Å²) in [6.45, 7) is 0.833. The fourth-order valence-corrected chi connectivity index (χ4v) is 4.50. The van der Waals surface area contributed by atoms with E-state index in [1.165, 1.54) is 5.56 Å². The van der Waals surface area contributed by atoms with Crippen molar-refractivity contribution in [2.24, 2.45) is 0 Å². The average Bonchev–Trinajstić information content (AvgIpc) is 2.94. The number of amides is 1. The molecule has 0 aliphatic heterocycles. The molecule has 188 valence electrons. The van der Waals surface area contributed by atoms with Crippen molar-refractivity contribution in [1.29, 1.82) is 0 Å². The third-order valence-corrected chi connectivity index (χ3v) is 6.46. The van der Waals surface area contributed by atoms with Crippen molar-refractivity contribution < 1.29 is 23.8 Å². The van der Waals surface area contributed by atoms with Crippen LogP contribution < -0.4 is 10.1 Å². The van der Waals surface area contributed by atoms with Gasteiger partial charge in [-0.05, 0) is 54.4 Å². The second-order valence-electron chi connectivity index (χ2n) is 9.07. The van der Waals surface area contributed by atoms with Crippen LogP contribution >= 0.6 is 0 Å². The van der Waals surface area contributed by atoms with Gasteiger partial charge in [-0.3, -0.25) is 0 Å². The molecule has 1 atom stereocenters. The van der Waals surface area contributed by atoms with Crippen molar-refractivity contribution in [2.75, 3.05) is 6.61 Å². The van der Waals surface area contributed by atoms with Gasteiger partial charge in [0.15, 0.2) is 0 Å². The van der Waals surface area contributed by atoms with Crippen molar-refractivity contribution in [1.82, 2.24) is 5.32 Å². The molecule has 0 saturated heterocycles. The molecule has 1 aliphatic carbocycles. The fraction of sp³-hybridized carbons (Fsp3) is 0.333. The van der Waals surface area contributed by atoms with Crippen molar-refractivity contribution in [3.05, 3.63) is 102 Å². The number of hydrogen-bond donors (Lipinski definition) is 1. The highest BCUT2D eigenvalue weighted by molar-refractivity contribution is 5.73. The lowest BCUT2D eigenvalue weighted by molar-refractivity contribution is -0.111. The third-order valence-electron chi connectivity index (χ3n) is 6.46. The summed E-state index contributed by atoms with van der Waals surface area (Å²) in [7, 11) is 0. The molecule has 0 heterocycles. The monoisotopic (exact) mass is 487 g/mol. The summed E-state index contributed by atoms with van der Waals surface area (Å²) >= 11 is 0. The summed E-state index contributed by atoms with van der Waals surface area (Å²) in [5.41, 5.74) is 3.27. The topological polar surface area (TPSA) is 73.9 Å². The maximum Gasteiger partial charge on any atom is 0.408 e. The largest absolute Gasteiger partial charge is 0.489 e. The number of rotatable bonds is 11. The van der Waals surface area contributed by atoms with E-state index in [1.54, 1.807) is 0 Å². The van der Waals surface area contributed by atoms with Gasteiger partial charge >= 0.3 is 6.09 Å². The molecule has 1 aliphatic rings. The first-order valence-corrected chi connectivity index (χ1v) is 12.5. The number of alkyl carbamates (subject to hydrolysis) is 1. The molecule has 0 spiro atoms. The van der Waals surface area contributed by atoms with E-state index in [-0.39, 0.29) is 19.3 Å². The van der Waals surface area contributed by atoms with Crippen LogP contribution in [0.1, 0.15) is 48.3 Å². The number of nitrogens with one attached hydrogen (secondary N) is 1. The number of para-hydroxylation sites is 1. The van der Waals surface area contributed by atoms with Gasteiger partial charge in [0, 0.05) is 0 Å². The molecule has 6 nitrogen and oxygen atoms in total. The molecule has 0 unspecified atom stereocenters. The Morgan fingerprint density at radius 1 is 0.833 bits per heavy atom. The molecule has 4 rings (SSSR count). The molecule has 1 fully saturated rings. The smallest absolute Gasteiger partial charge is 0.408 e. The van der Waals surface area contributed by atoms with Crippen molar-refractivity contribution in [3.63, 3.8) is 0 Å². The van der Waals surface area contributed by atoms with Gasteiger partial charge in [-0.25, -0.2) is 4.79 Å². The first-order chi connectivity index (χ1) is 17.7. The maximum atomic E-state index is 12.1. The second-order valence-corrected chi connectivity index (χ2v) is 9.07. The predicted octanol–water partition coefficient (Wildman–Crippen LogP) is 5.80. The van der Waals surface area contributed by atoms with Crippen molar-refractivity contribution in [3.8, 4) is 5.75 Å². The van der Waals surface area contributed by atoms with E-state index in [4.69, 9.17) is 14.2 Å². The summed E-state index contributed by atoms with van der Waals surface area (Å²) in [6.07, 6.45) is 3.86. The van der Waals surface area contributed by atoms with E-state index in [0.29, 0.717) is 18.8 Å². The van der Waals surface area contributed by atoms with Crippen LogP contribution in [0.15, 0.2) is 84.9 Å². The number of aldehydes is 1. The van der Waals surface area contributed by atoms with E-state index in [0.717, 1.165) is 42.6 Å². The normalized spacial score (nSPS) is 18.1. The Labute approximate surface area is 212 Å². The van der Waals surface area contributed by atoms with Crippen LogP contribution in [-0.2, 0) is 27.5 Å². The standard InChI is InChI=1S/C30H33NO5/c32-19-26(31-30(33)36-21-24-11-5-2-6-12-24)22-34-27-17-15-25(16-18-27)28-13-7-8-14-29(28)35-20-23-9-3-1-4-10-23/h1-14,19,25-27H,15-18,20-22H2,(H,31,33)/t25?,26-,27?/m1/s1. The molecule has 1 amide bonds. The van der Waals surface area contributed by atoms with Gasteiger partial charge in [-0.2, -0.15) is 0 Å². The van der Waals surface area contributed by atoms with Crippen LogP contribution in [0.25, 0.3) is 0 Å². The van der Waals surface area contributed by atoms with Gasteiger partial charge in [0.2, 0.25) is 0 Å². The van der Waals surface area contributed by atoms with Crippen LogP contribution in [0.5, 0.6) is 5.75 Å². The second kappa shape index (κ2) is 13.4. The lowest BCUT2D eigenvalue weighted by atomic mass is 9.82. The Kier molecular flexibility index (Phi) is 9.51. The Morgan fingerprint density at radius 2 is 1.44 bits per heavy atom. The minimum absolute atomic E-state index is 0.0586. The zero-order valence-electron chi connectivity index (χ0n) is 20.4. The third kappa shape index (κ3) is 7.68. The van der Waals surface area contributed by atoms with Crippen LogP contribution in [-0.4, -0.2) is 31.1 Å². The number of benzene rings is 3. The van der Waals surface area contributed by atoms with Crippen LogP contribution in [0, 0.1) is 0 Å². The van der Waals surface area contributed by atoms with Gasteiger partial charge in [0.05, 0.1) is 12.7 Å². The van der Waals surface area contributed by atoms with Crippen molar-refractivity contribution >= 4 is 12.4 Å². The number of hydrogen-bond acceptors (Lipinski definition) is 5. The molecule has 0 bridgehead atoms. The molecule has 0 aromatic heterocycles. The van der Waals surface area contributed by atoms with E-state index < -0.39 is 12.1 Å². The summed E-state index contributed by atoms with van der Waals surface area (Å²) in [6, 6.07) is 27.1. The average molecular weight is 488 g/mol. The van der Waals surface area contributed by atoms with Gasteiger partial charge < -0.3 is 24.3 Å². The minimum Gasteiger partial charge on any atom is -0.489 e. The summed E-state index contributed by atoms with van der Waals surface area (Å²) in [5.74, 6) is 1.34. The maximum absolute atomic E-state index is 12.1. The Morgan fingerprint density at radius 3 is 2.11 bits per heavy atom. The number of carbonyl (C=O) groups is 2. The highest BCUT2D eigenvalue weighted by atomic mass is 16.5. The molecule has 6 heteroatoms. The van der Waals surface area contributed by atoms with E-state index in [9.17, 15) is 9.59 Å². The van der Waals surface area contributed by atoms with Crippen LogP contribution in [0.3, 0.4) is 0 Å². The Hall–Kier alpha value is -3.64. The quantitative estimate of drug-likeness (QED) is 0.346. The fourth-order valence-electron chi connectivity index (χ4n) is 4.50. The van der Waals surface area contributed by atoms with Crippen molar-refractivity contribution in [2.45, 2.75) is 57.0 Å². The van der Waals surface area contributed by atoms with E-state index in [2.05, 4.69) is 29.6 Å². The number of carbonyl (C=O) groups excluding carboxylic acids is 2. The zero-order valence-corrected chi connectivity index (χ0v) is 20.4. The lowest BCUT2D eigenvalue weighted by Crippen LogP contribution is -2.40. The highest BCUT2D eigenvalue weighted by Crippen LogP contribution is 2.38. The summed E-state index contributed by atoms with van der Waals surface area (Å²) < 4.78 is 17.3. The Bertz CT molecular complexity index is 1080. The van der Waals surface area contributed by atoms with Crippen LogP contribution in [0.4, 0.5) is 4.79 Å². The molecular weight excluding hydrogens is 454 g/mol. The first kappa shape index (κ1) is 25.5. The summed E-state index contributed by atoms with van der Waals surface area (Å²) in [4.78, 5) is 23.5. The van der Waals surface area contributed by atoms with E-state index >= 15 is 0 Å². The highest BCUT2D eigenvalue weighted by Gasteiger charge is 2.26. The molecule has 1 N–H and O–H groups in total. The zero-order chi connectivity index (χ0) is 25.0. The minimum atomic E-state index is -0.738. The molecule has 3 aromatic rings. The molecular formula is C30H33NO5. The van der Waals surface area contributed by atoms with Gasteiger partial charge in [-0.15, -0.1) is 0 Å². The number of ether oxygens (including phenoxy) is 3. The van der Waals surface area contributed by atoms with Crippen LogP contribution in [0.2, 0.25) is 0 Å².